The van der Waals surface area contributed by atoms with E-state index in [0.717, 1.165) is 10.5 Å². The first kappa shape index (κ1) is 16.8. The fourth-order valence-corrected chi connectivity index (χ4v) is 2.86. The molecular weight excluding hydrogens is 293 g/mol. The number of rotatable bonds is 3. The molecule has 0 saturated carbocycles. The monoisotopic (exact) mass is 314 g/mol. The summed E-state index contributed by atoms with van der Waals surface area (Å²) in [5.41, 5.74) is 1.13. The van der Waals surface area contributed by atoms with Crippen LogP contribution in [0.25, 0.3) is 0 Å². The second-order valence-corrected chi connectivity index (χ2v) is 6.02. The Morgan fingerprint density at radius 2 is 1.86 bits per heavy atom. The minimum atomic E-state index is -4.79. The lowest BCUT2D eigenvalue weighted by Gasteiger charge is -2.43. The van der Waals surface area contributed by atoms with Crippen molar-refractivity contribution in [1.29, 1.82) is 0 Å². The number of hydrogen-bond donors (Lipinski definition) is 0. The van der Waals surface area contributed by atoms with E-state index in [2.05, 4.69) is 4.90 Å². The van der Waals surface area contributed by atoms with Crippen LogP contribution in [-0.4, -0.2) is 47.6 Å². The molecule has 1 amide bonds. The molecule has 0 bridgehead atoms. The van der Waals surface area contributed by atoms with Gasteiger partial charge < -0.3 is 4.90 Å². The maximum absolute atomic E-state index is 12.6. The van der Waals surface area contributed by atoms with Crippen molar-refractivity contribution in [2.24, 2.45) is 5.92 Å². The zero-order chi connectivity index (χ0) is 16.3. The molecular formula is C16H21F3N2O. The summed E-state index contributed by atoms with van der Waals surface area (Å²) < 4.78 is 37.8. The number of halogens is 3. The van der Waals surface area contributed by atoms with Gasteiger partial charge in [0.15, 0.2) is 0 Å². The number of carbonyl (C=O) groups excluding carboxylic acids is 1. The van der Waals surface area contributed by atoms with Gasteiger partial charge in [0.1, 0.15) is 0 Å². The predicted molar refractivity (Wildman–Crippen MR) is 78.1 cm³/mol. The molecule has 1 aromatic rings. The predicted octanol–water partition coefficient (Wildman–Crippen LogP) is 2.92. The number of carbonyl (C=O) groups is 1. The molecule has 0 radical (unpaired) electrons. The average molecular weight is 314 g/mol. The van der Waals surface area contributed by atoms with E-state index in [1.54, 1.807) is 0 Å². The highest BCUT2D eigenvalue weighted by molar-refractivity contribution is 5.82. The molecule has 6 heteroatoms. The summed E-state index contributed by atoms with van der Waals surface area (Å²) in [4.78, 5) is 14.5. The lowest BCUT2D eigenvalue weighted by atomic mass is 9.98. The fraction of sp³-hybridized carbons (Fsp3) is 0.562. The van der Waals surface area contributed by atoms with Crippen LogP contribution in [0.15, 0.2) is 30.3 Å². The summed E-state index contributed by atoms with van der Waals surface area (Å²) in [5, 5.41) is 0. The first-order valence-electron chi connectivity index (χ1n) is 7.43. The molecule has 1 aromatic carbocycles. The number of alkyl halides is 3. The summed E-state index contributed by atoms with van der Waals surface area (Å²) in [6.45, 7) is 5.35. The van der Waals surface area contributed by atoms with Crippen LogP contribution in [0.5, 0.6) is 0 Å². The lowest BCUT2D eigenvalue weighted by molar-refractivity contribution is -0.188. The van der Waals surface area contributed by atoms with Gasteiger partial charge in [-0.15, -0.1) is 0 Å². The molecule has 0 unspecified atom stereocenters. The van der Waals surface area contributed by atoms with Crippen LogP contribution in [0.3, 0.4) is 0 Å². The number of amides is 1. The molecule has 0 N–H and O–H groups in total. The third-order valence-corrected chi connectivity index (χ3v) is 4.06. The molecule has 1 aliphatic rings. The van der Waals surface area contributed by atoms with E-state index < -0.39 is 12.1 Å². The maximum atomic E-state index is 12.6. The van der Waals surface area contributed by atoms with E-state index >= 15 is 0 Å². The zero-order valence-electron chi connectivity index (χ0n) is 12.8. The van der Waals surface area contributed by atoms with Crippen LogP contribution in [-0.2, 0) is 11.3 Å². The molecule has 1 atom stereocenters. The Morgan fingerprint density at radius 3 is 2.41 bits per heavy atom. The molecule has 0 aliphatic carbocycles. The molecule has 122 valence electrons. The Balaban J connectivity index is 2.07. The van der Waals surface area contributed by atoms with Crippen molar-refractivity contribution >= 4 is 5.91 Å². The van der Waals surface area contributed by atoms with Gasteiger partial charge in [-0.1, -0.05) is 44.2 Å². The average Bonchev–Trinajstić information content (AvgIpc) is 2.47. The largest absolute Gasteiger partial charge is 0.471 e. The van der Waals surface area contributed by atoms with Gasteiger partial charge in [-0.2, -0.15) is 13.2 Å². The third-order valence-electron chi connectivity index (χ3n) is 4.06. The zero-order valence-corrected chi connectivity index (χ0v) is 12.8. The Morgan fingerprint density at radius 1 is 1.23 bits per heavy atom. The topological polar surface area (TPSA) is 23.6 Å². The van der Waals surface area contributed by atoms with E-state index in [0.29, 0.717) is 13.1 Å². The second kappa shape index (κ2) is 6.69. The van der Waals surface area contributed by atoms with Gasteiger partial charge in [0.25, 0.3) is 0 Å². The second-order valence-electron chi connectivity index (χ2n) is 6.02. The highest BCUT2D eigenvalue weighted by Crippen LogP contribution is 2.24. The van der Waals surface area contributed by atoms with Crippen molar-refractivity contribution in [3.63, 3.8) is 0 Å². The van der Waals surface area contributed by atoms with Crippen LogP contribution in [0, 0.1) is 5.92 Å². The molecule has 2 rings (SSSR count). The van der Waals surface area contributed by atoms with Crippen molar-refractivity contribution in [3.8, 4) is 0 Å². The van der Waals surface area contributed by atoms with E-state index in [1.807, 2.05) is 44.2 Å². The summed E-state index contributed by atoms with van der Waals surface area (Å²) in [6.07, 6.45) is -4.79. The van der Waals surface area contributed by atoms with Crippen LogP contribution >= 0.6 is 0 Å². The van der Waals surface area contributed by atoms with E-state index in [1.165, 1.54) is 0 Å². The Labute approximate surface area is 128 Å². The number of nitrogens with zero attached hydrogens (tertiary/aromatic N) is 2. The molecule has 3 nitrogen and oxygen atoms in total. The van der Waals surface area contributed by atoms with Crippen molar-refractivity contribution in [2.75, 3.05) is 19.6 Å². The Hall–Kier alpha value is -1.56. The summed E-state index contributed by atoms with van der Waals surface area (Å²) in [7, 11) is 0. The molecule has 0 spiro atoms. The van der Waals surface area contributed by atoms with Crippen LogP contribution in [0.2, 0.25) is 0 Å². The lowest BCUT2D eigenvalue weighted by Crippen LogP contribution is -2.58. The van der Waals surface area contributed by atoms with Gasteiger partial charge in [0.2, 0.25) is 0 Å². The molecule has 1 fully saturated rings. The number of hydrogen-bond acceptors (Lipinski definition) is 2. The van der Waals surface area contributed by atoms with Crippen LogP contribution in [0.1, 0.15) is 19.4 Å². The molecule has 1 aliphatic heterocycles. The quantitative estimate of drug-likeness (QED) is 0.856. The Kier molecular flexibility index (Phi) is 5.11. The van der Waals surface area contributed by atoms with Gasteiger partial charge in [-0.25, -0.2) is 0 Å². The molecule has 0 aromatic heterocycles. The smallest absolute Gasteiger partial charge is 0.332 e. The van der Waals surface area contributed by atoms with E-state index in [9.17, 15) is 18.0 Å². The normalized spacial score (nSPS) is 20.5. The molecule has 1 saturated heterocycles. The number of benzene rings is 1. The highest BCUT2D eigenvalue weighted by atomic mass is 19.4. The van der Waals surface area contributed by atoms with Crippen molar-refractivity contribution in [1.82, 2.24) is 9.80 Å². The molecule has 1 heterocycles. The first-order chi connectivity index (χ1) is 10.3. The number of piperazine rings is 1. The van der Waals surface area contributed by atoms with Gasteiger partial charge in [0.05, 0.1) is 0 Å². The SMILES string of the molecule is CC(C)[C@@H]1CN(C(=O)C(F)(F)F)CCN1Cc1ccccc1. The van der Waals surface area contributed by atoms with E-state index in [-0.39, 0.29) is 25.0 Å². The van der Waals surface area contributed by atoms with Crippen molar-refractivity contribution in [3.05, 3.63) is 35.9 Å². The maximum Gasteiger partial charge on any atom is 0.471 e. The standard InChI is InChI=1S/C16H21F3N2O/c1-12(2)14-11-21(15(22)16(17,18)19)9-8-20(14)10-13-6-4-3-5-7-13/h3-7,12,14H,8-11H2,1-2H3/t14-/m0/s1. The van der Waals surface area contributed by atoms with Crippen LogP contribution in [0.4, 0.5) is 13.2 Å². The minimum Gasteiger partial charge on any atom is -0.332 e. The fourth-order valence-electron chi connectivity index (χ4n) is 2.86. The summed E-state index contributed by atoms with van der Waals surface area (Å²) in [5.74, 6) is -1.55. The summed E-state index contributed by atoms with van der Waals surface area (Å²) >= 11 is 0. The van der Waals surface area contributed by atoms with Gasteiger partial charge in [-0.3, -0.25) is 9.69 Å². The van der Waals surface area contributed by atoms with Gasteiger partial charge in [-0.05, 0) is 11.5 Å². The van der Waals surface area contributed by atoms with Gasteiger partial charge >= 0.3 is 12.1 Å². The molecule has 22 heavy (non-hydrogen) atoms. The highest BCUT2D eigenvalue weighted by Gasteiger charge is 2.44. The summed E-state index contributed by atoms with van der Waals surface area (Å²) in [6, 6.07) is 9.77. The first-order valence-corrected chi connectivity index (χ1v) is 7.43. The van der Waals surface area contributed by atoms with Crippen LogP contribution < -0.4 is 0 Å². The van der Waals surface area contributed by atoms with E-state index in [4.69, 9.17) is 0 Å². The van der Waals surface area contributed by atoms with Crippen molar-refractivity contribution < 1.29 is 18.0 Å². The minimum absolute atomic E-state index is 0.0692. The third kappa shape index (κ3) is 4.00. The Bertz CT molecular complexity index is 502. The van der Waals surface area contributed by atoms with Gasteiger partial charge in [0, 0.05) is 32.2 Å². The van der Waals surface area contributed by atoms with Crippen molar-refractivity contribution in [2.45, 2.75) is 32.6 Å².